The summed E-state index contributed by atoms with van der Waals surface area (Å²) in [7, 11) is 0. The molecule has 3 aromatic carbocycles. The van der Waals surface area contributed by atoms with Gasteiger partial charge in [-0.25, -0.2) is 0 Å². The van der Waals surface area contributed by atoms with Gasteiger partial charge in [-0.1, -0.05) is 48.9 Å². The maximum Gasteiger partial charge on any atom is 0.262 e. The molecule has 4 aromatic rings. The number of carbonyl (C=O) groups is 1. The van der Waals surface area contributed by atoms with Crippen molar-refractivity contribution in [2.24, 2.45) is 0 Å². The van der Waals surface area contributed by atoms with E-state index in [1.54, 1.807) is 36.4 Å². The third-order valence-electron chi connectivity index (χ3n) is 4.93. The molecule has 1 amide bonds. The topological polar surface area (TPSA) is 68.5 Å². The Balaban J connectivity index is 1.48. The summed E-state index contributed by atoms with van der Waals surface area (Å²) in [5.41, 5.74) is 3.10. The number of halogens is 1. The lowest BCUT2D eigenvalue weighted by molar-refractivity contribution is -0.118. The number of nitrogens with one attached hydrogen (secondary N) is 1. The first-order valence-corrected chi connectivity index (χ1v) is 10.2. The molecule has 0 saturated carbocycles. The van der Waals surface area contributed by atoms with Gasteiger partial charge in [-0.05, 0) is 42.3 Å². The summed E-state index contributed by atoms with van der Waals surface area (Å²) >= 11 is 6.21. The molecular weight excluding hydrogens is 414 g/mol. The van der Waals surface area contributed by atoms with Crippen LogP contribution in [0.2, 0.25) is 5.02 Å². The van der Waals surface area contributed by atoms with Crippen LogP contribution >= 0.6 is 11.6 Å². The van der Waals surface area contributed by atoms with Crippen molar-refractivity contribution in [3.63, 3.8) is 0 Å². The summed E-state index contributed by atoms with van der Waals surface area (Å²) in [5.74, 6) is 0.150. The molecule has 5 nitrogen and oxygen atoms in total. The highest BCUT2D eigenvalue weighted by Crippen LogP contribution is 2.27. The zero-order chi connectivity index (χ0) is 21.8. The smallest absolute Gasteiger partial charge is 0.262 e. The quantitative estimate of drug-likeness (QED) is 0.424. The standard InChI is InChI=1S/C25H20ClNO4/c1-2-16-7-9-17(10-8-16)27-24(28)15-30-18-11-12-20-23(13-18)31-14-21(25(20)29)19-5-3-4-6-22(19)26/h3-14H,2,15H2,1H3,(H,27,28). The van der Waals surface area contributed by atoms with Gasteiger partial charge in [-0.3, -0.25) is 9.59 Å². The molecule has 0 aliphatic rings. The Hall–Kier alpha value is -3.57. The SMILES string of the molecule is CCc1ccc(NC(=O)COc2ccc3c(=O)c(-c4ccccc4Cl)coc3c2)cc1. The molecule has 1 aromatic heterocycles. The summed E-state index contributed by atoms with van der Waals surface area (Å²) in [6, 6.07) is 19.6. The second-order valence-corrected chi connectivity index (χ2v) is 7.41. The highest BCUT2D eigenvalue weighted by atomic mass is 35.5. The number of carbonyl (C=O) groups excluding carboxylic acids is 1. The Labute approximate surface area is 184 Å². The average molecular weight is 434 g/mol. The van der Waals surface area contributed by atoms with E-state index in [2.05, 4.69) is 12.2 Å². The third-order valence-corrected chi connectivity index (χ3v) is 5.26. The van der Waals surface area contributed by atoms with E-state index in [9.17, 15) is 9.59 Å². The Morgan fingerprint density at radius 3 is 2.55 bits per heavy atom. The highest BCUT2D eigenvalue weighted by molar-refractivity contribution is 6.33. The zero-order valence-electron chi connectivity index (χ0n) is 16.9. The number of amides is 1. The minimum atomic E-state index is -0.278. The number of hydrogen-bond acceptors (Lipinski definition) is 4. The van der Waals surface area contributed by atoms with Crippen molar-refractivity contribution in [3.05, 3.63) is 93.8 Å². The fourth-order valence-corrected chi connectivity index (χ4v) is 3.47. The van der Waals surface area contributed by atoms with Crippen LogP contribution in [-0.4, -0.2) is 12.5 Å². The van der Waals surface area contributed by atoms with Gasteiger partial charge in [0.1, 0.15) is 17.6 Å². The molecule has 0 radical (unpaired) electrons. The Bertz CT molecular complexity index is 1300. The van der Waals surface area contributed by atoms with Crippen LogP contribution in [0.25, 0.3) is 22.1 Å². The van der Waals surface area contributed by atoms with Crippen LogP contribution in [0.1, 0.15) is 12.5 Å². The fourth-order valence-electron chi connectivity index (χ4n) is 3.23. The highest BCUT2D eigenvalue weighted by Gasteiger charge is 2.13. The first-order chi connectivity index (χ1) is 15.0. The predicted molar refractivity (Wildman–Crippen MR) is 123 cm³/mol. The second kappa shape index (κ2) is 9.06. The molecule has 6 heteroatoms. The molecule has 4 rings (SSSR count). The fraction of sp³-hybridized carbons (Fsp3) is 0.120. The molecule has 156 valence electrons. The molecule has 0 aliphatic heterocycles. The Morgan fingerprint density at radius 2 is 1.81 bits per heavy atom. The molecule has 0 bridgehead atoms. The van der Waals surface area contributed by atoms with E-state index in [-0.39, 0.29) is 17.9 Å². The van der Waals surface area contributed by atoms with Crippen LogP contribution in [0.3, 0.4) is 0 Å². The van der Waals surface area contributed by atoms with E-state index in [1.165, 1.54) is 11.8 Å². The number of anilines is 1. The van der Waals surface area contributed by atoms with E-state index in [1.807, 2.05) is 30.3 Å². The zero-order valence-corrected chi connectivity index (χ0v) is 17.6. The van der Waals surface area contributed by atoms with E-state index < -0.39 is 0 Å². The van der Waals surface area contributed by atoms with Crippen LogP contribution in [0.4, 0.5) is 5.69 Å². The number of aryl methyl sites for hydroxylation is 1. The first-order valence-electron chi connectivity index (χ1n) is 9.87. The number of ether oxygens (including phenoxy) is 1. The third kappa shape index (κ3) is 4.62. The van der Waals surface area contributed by atoms with Crippen molar-refractivity contribution in [3.8, 4) is 16.9 Å². The predicted octanol–water partition coefficient (Wildman–Crippen LogP) is 5.69. The van der Waals surface area contributed by atoms with Crippen LogP contribution in [0.5, 0.6) is 5.75 Å². The number of benzene rings is 3. The first kappa shape index (κ1) is 20.7. The summed E-state index contributed by atoms with van der Waals surface area (Å²) in [6.45, 7) is 1.91. The Morgan fingerprint density at radius 1 is 1.03 bits per heavy atom. The maximum absolute atomic E-state index is 12.9. The van der Waals surface area contributed by atoms with Crippen LogP contribution in [0.15, 0.2) is 82.2 Å². The second-order valence-electron chi connectivity index (χ2n) is 7.00. The van der Waals surface area contributed by atoms with E-state index in [0.29, 0.717) is 38.6 Å². The summed E-state index contributed by atoms with van der Waals surface area (Å²) < 4.78 is 11.2. The van der Waals surface area contributed by atoms with Crippen molar-refractivity contribution < 1.29 is 13.9 Å². The number of hydrogen-bond donors (Lipinski definition) is 1. The van der Waals surface area contributed by atoms with Crippen molar-refractivity contribution in [2.45, 2.75) is 13.3 Å². The van der Waals surface area contributed by atoms with Crippen molar-refractivity contribution in [1.29, 1.82) is 0 Å². The van der Waals surface area contributed by atoms with Gasteiger partial charge in [0, 0.05) is 22.3 Å². The van der Waals surface area contributed by atoms with Crippen LogP contribution in [-0.2, 0) is 11.2 Å². The van der Waals surface area contributed by atoms with Gasteiger partial charge in [0.25, 0.3) is 5.91 Å². The van der Waals surface area contributed by atoms with Crippen molar-refractivity contribution >= 4 is 34.2 Å². The van der Waals surface area contributed by atoms with Gasteiger partial charge >= 0.3 is 0 Å². The van der Waals surface area contributed by atoms with Crippen molar-refractivity contribution in [1.82, 2.24) is 0 Å². The van der Waals surface area contributed by atoms with Gasteiger partial charge < -0.3 is 14.5 Å². The molecule has 1 heterocycles. The molecule has 0 atom stereocenters. The Kier molecular flexibility index (Phi) is 6.05. The van der Waals surface area contributed by atoms with E-state index in [4.69, 9.17) is 20.8 Å². The molecular formula is C25H20ClNO4. The van der Waals surface area contributed by atoms with Crippen LogP contribution < -0.4 is 15.5 Å². The van der Waals surface area contributed by atoms with Crippen molar-refractivity contribution in [2.75, 3.05) is 11.9 Å². The van der Waals surface area contributed by atoms with E-state index >= 15 is 0 Å². The van der Waals surface area contributed by atoms with Gasteiger partial charge in [0.05, 0.1) is 10.9 Å². The molecule has 0 spiro atoms. The summed E-state index contributed by atoms with van der Waals surface area (Å²) in [5, 5.41) is 3.67. The minimum Gasteiger partial charge on any atom is -0.484 e. The molecule has 0 fully saturated rings. The number of fused-ring (bicyclic) bond motifs is 1. The molecule has 0 saturated heterocycles. The largest absolute Gasteiger partial charge is 0.484 e. The minimum absolute atomic E-state index is 0.164. The normalized spacial score (nSPS) is 10.8. The van der Waals surface area contributed by atoms with Gasteiger partial charge in [-0.2, -0.15) is 0 Å². The molecule has 31 heavy (non-hydrogen) atoms. The number of rotatable bonds is 6. The summed E-state index contributed by atoms with van der Waals surface area (Å²) in [4.78, 5) is 25.1. The average Bonchev–Trinajstić information content (AvgIpc) is 2.79. The molecule has 0 unspecified atom stereocenters. The monoisotopic (exact) mass is 433 g/mol. The lowest BCUT2D eigenvalue weighted by Crippen LogP contribution is -2.20. The maximum atomic E-state index is 12.9. The lowest BCUT2D eigenvalue weighted by Gasteiger charge is -2.09. The van der Waals surface area contributed by atoms with Gasteiger partial charge in [0.2, 0.25) is 5.43 Å². The van der Waals surface area contributed by atoms with Gasteiger partial charge in [-0.15, -0.1) is 0 Å². The summed E-state index contributed by atoms with van der Waals surface area (Å²) in [6.07, 6.45) is 2.33. The van der Waals surface area contributed by atoms with E-state index in [0.717, 1.165) is 6.42 Å². The van der Waals surface area contributed by atoms with Gasteiger partial charge in [0.15, 0.2) is 6.61 Å². The molecule has 1 N–H and O–H groups in total. The van der Waals surface area contributed by atoms with Crippen LogP contribution in [0, 0.1) is 0 Å². The molecule has 0 aliphatic carbocycles. The lowest BCUT2D eigenvalue weighted by atomic mass is 10.1.